The normalized spacial score (nSPS) is 24.4. The zero-order valence-corrected chi connectivity index (χ0v) is 54.1. The van der Waals surface area contributed by atoms with Crippen LogP contribution in [0.5, 0.6) is 0 Å². The number of nitrogens with one attached hydrogen (secondary N) is 12. The molecule has 0 bridgehead atoms. The Morgan fingerprint density at radius 3 is 1.82 bits per heavy atom. The van der Waals surface area contributed by atoms with Gasteiger partial charge in [0.25, 0.3) is 0 Å². The minimum absolute atomic E-state index is 0.0304. The molecule has 1 saturated heterocycles. The van der Waals surface area contributed by atoms with E-state index >= 15 is 0 Å². The zero-order chi connectivity index (χ0) is 69.8. The third-order valence-electron chi connectivity index (χ3n) is 15.0. The van der Waals surface area contributed by atoms with E-state index in [1.54, 1.807) is 77.9 Å². The lowest BCUT2D eigenvalue weighted by atomic mass is 9.96. The van der Waals surface area contributed by atoms with Crippen LogP contribution in [-0.2, 0) is 68.7 Å². The number of hydrogen-bond donors (Lipinski definition) is 19. The average molecular weight is 1310 g/mol. The molecule has 93 heavy (non-hydrogen) atoms. The number of benzene rings is 2. The number of guanidine groups is 1. The molecule has 1 aliphatic rings. The molecule has 0 radical (unpaired) electrons. The Labute approximate surface area is 540 Å². The van der Waals surface area contributed by atoms with Crippen molar-refractivity contribution in [1.82, 2.24) is 58.6 Å². The number of amides is 10. The number of carbonyl (C=O) groups excluding carboxylic acids is 11. The van der Waals surface area contributed by atoms with Crippen molar-refractivity contribution in [2.24, 2.45) is 40.9 Å². The van der Waals surface area contributed by atoms with Gasteiger partial charge in [0, 0.05) is 13.0 Å². The van der Waals surface area contributed by atoms with E-state index < -0.39 is 187 Å². The van der Waals surface area contributed by atoms with Crippen LogP contribution in [0.15, 0.2) is 60.7 Å². The number of carbonyl (C=O) groups is 11. The highest BCUT2D eigenvalue weighted by Gasteiger charge is 2.41. The number of aliphatic hydroxyl groups excluding tert-OH is 4. The van der Waals surface area contributed by atoms with Crippen LogP contribution >= 0.6 is 0 Å². The summed E-state index contributed by atoms with van der Waals surface area (Å²) >= 11 is 0. The molecule has 1 heterocycles. The predicted molar refractivity (Wildman–Crippen MR) is 337 cm³/mol. The minimum atomic E-state index is -2.54. The van der Waals surface area contributed by atoms with Gasteiger partial charge in [-0.25, -0.2) is 4.79 Å². The maximum atomic E-state index is 14.9. The Kier molecular flexibility index (Phi) is 33.2. The topological polar surface area (TPSA) is 521 Å². The van der Waals surface area contributed by atoms with Gasteiger partial charge in [-0.15, -0.1) is 0 Å². The standard InChI is InChI=1S/C61H97N15O17/c1-10-33(8)44-57(88)75-45(34(9)78)56(87)67-27-43(79)73-46(49(81)51(63)82)58(89)71-41(28-77)60(91)93-50(36-20-15-12-16-21-36)42(72-55(86)40(26-35-18-13-11-14-19-35)69-52(83)37(62)24-30(2)3)29-92-76-47(48(80)32(6)7)59(90)70-39(25-31(4)5)54(85)68-38(53(84)74-44)22-17-23-66-61(64)65/h11-16,18-21,30-34,37-42,44-50,76-78,80-81H,10,17,22-29,62H2,1-9H3,(H2,63,82)(H,67,87)(H,68,85)(H,69,83)(H,70,90)(H,71,89)(H,72,86)(H,73,79)(H,74,84)(H,75,88)(H4,64,65,66)/t33-,34-,37+,38+,39-,40-,41-,42+,44-,45-,46-,47-,48+,49-,50+/m0/s1. The lowest BCUT2D eigenvalue weighted by Gasteiger charge is -2.33. The number of nitrogens with two attached hydrogens (primary N) is 3. The second-order valence-electron chi connectivity index (χ2n) is 24.2. The molecule has 22 N–H and O–H groups in total. The van der Waals surface area contributed by atoms with E-state index in [2.05, 4.69) is 53.3 Å². The maximum Gasteiger partial charge on any atom is 0.331 e. The van der Waals surface area contributed by atoms with Gasteiger partial charge in [0.2, 0.25) is 59.1 Å². The Morgan fingerprint density at radius 1 is 0.688 bits per heavy atom. The van der Waals surface area contributed by atoms with Crippen molar-refractivity contribution in [2.75, 3.05) is 26.3 Å². The van der Waals surface area contributed by atoms with Crippen LogP contribution in [0.3, 0.4) is 0 Å². The molecule has 0 aromatic heterocycles. The monoisotopic (exact) mass is 1310 g/mol. The number of hydrogen-bond acceptors (Lipinski definition) is 20. The van der Waals surface area contributed by atoms with Gasteiger partial charge in [-0.2, -0.15) is 5.48 Å². The molecule has 3 rings (SSSR count). The van der Waals surface area contributed by atoms with E-state index in [1.807, 2.05) is 19.2 Å². The van der Waals surface area contributed by atoms with Gasteiger partial charge in [-0.05, 0) is 67.4 Å². The first kappa shape index (κ1) is 78.8. The molecule has 0 saturated carbocycles. The number of primary amides is 1. The smallest absolute Gasteiger partial charge is 0.331 e. The van der Waals surface area contributed by atoms with E-state index in [9.17, 15) is 73.2 Å². The first-order valence-electron chi connectivity index (χ1n) is 30.9. The summed E-state index contributed by atoms with van der Waals surface area (Å²) in [5, 5.41) is 76.4. The molecule has 0 unspecified atom stereocenters. The van der Waals surface area contributed by atoms with Crippen LogP contribution in [-0.4, -0.2) is 196 Å². The molecule has 518 valence electrons. The Bertz CT molecular complexity index is 2820. The molecular formula is C61H97N15O17. The summed E-state index contributed by atoms with van der Waals surface area (Å²) < 4.78 is 6.04. The van der Waals surface area contributed by atoms with E-state index in [0.29, 0.717) is 5.56 Å². The van der Waals surface area contributed by atoms with Crippen molar-refractivity contribution in [3.05, 3.63) is 71.8 Å². The summed E-state index contributed by atoms with van der Waals surface area (Å²) in [6, 6.07) is -0.452. The third kappa shape index (κ3) is 26.3. The number of cyclic esters (lactones) is 1. The minimum Gasteiger partial charge on any atom is -0.454 e. The number of esters is 1. The molecule has 15 atom stereocenters. The van der Waals surface area contributed by atoms with Gasteiger partial charge in [0.05, 0.1) is 44.1 Å². The fraction of sp³-hybridized carbons (Fsp3) is 0.607. The predicted octanol–water partition coefficient (Wildman–Crippen LogP) is -4.62. The Morgan fingerprint density at radius 2 is 1.26 bits per heavy atom. The largest absolute Gasteiger partial charge is 0.454 e. The Hall–Kier alpha value is -8.40. The van der Waals surface area contributed by atoms with Crippen LogP contribution < -0.4 is 75.8 Å². The van der Waals surface area contributed by atoms with Crippen molar-refractivity contribution < 1.29 is 82.7 Å². The molecule has 1 fully saturated rings. The average Bonchev–Trinajstić information content (AvgIpc) is 0.945. The van der Waals surface area contributed by atoms with Crippen LogP contribution in [0, 0.1) is 29.1 Å². The third-order valence-corrected chi connectivity index (χ3v) is 15.0. The van der Waals surface area contributed by atoms with Gasteiger partial charge in [-0.3, -0.25) is 58.2 Å². The maximum absolute atomic E-state index is 14.9. The highest BCUT2D eigenvalue weighted by atomic mass is 16.6. The molecule has 0 aliphatic carbocycles. The SMILES string of the molecule is CC[C@H](C)[C@@H]1NC(=O)[C@@H](CCCNC(=N)N)NC(=O)[C@H](CC(C)C)NC(=O)[C@H]([C@H](O)C(C)C)NOC[C@@H](NC(=O)[C@H](Cc2ccccc2)NC(=O)[C@H](N)CC(C)C)[C@@H](c2ccccc2)OC(=O)[C@H](CO)NC(=O)[C@H]([C@H](O)C(N)=O)NC(=O)CNC(=O)[C@H]([C@H](C)O)NC1=O. The van der Waals surface area contributed by atoms with Gasteiger partial charge in [-0.1, -0.05) is 122 Å². The van der Waals surface area contributed by atoms with Crippen LogP contribution in [0.25, 0.3) is 0 Å². The summed E-state index contributed by atoms with van der Waals surface area (Å²) in [5.74, 6) is -14.6. The molecule has 2 aromatic rings. The molecule has 0 spiro atoms. The van der Waals surface area contributed by atoms with Gasteiger partial charge >= 0.3 is 5.97 Å². The van der Waals surface area contributed by atoms with Crippen LogP contribution in [0.4, 0.5) is 0 Å². The summed E-state index contributed by atoms with van der Waals surface area (Å²) in [4.78, 5) is 161. The van der Waals surface area contributed by atoms with Crippen molar-refractivity contribution in [3.63, 3.8) is 0 Å². The highest BCUT2D eigenvalue weighted by molar-refractivity contribution is 5.99. The zero-order valence-electron chi connectivity index (χ0n) is 54.1. The summed E-state index contributed by atoms with van der Waals surface area (Å²) in [6.45, 7) is 11.6. The number of aliphatic hydroxyl groups is 4. The van der Waals surface area contributed by atoms with E-state index in [1.165, 1.54) is 24.3 Å². The van der Waals surface area contributed by atoms with E-state index in [-0.39, 0.29) is 62.5 Å². The van der Waals surface area contributed by atoms with Crippen molar-refractivity contribution in [1.29, 1.82) is 5.41 Å². The van der Waals surface area contributed by atoms with Crippen molar-refractivity contribution in [3.8, 4) is 0 Å². The van der Waals surface area contributed by atoms with E-state index in [4.69, 9.17) is 32.2 Å². The first-order chi connectivity index (χ1) is 43.8. The summed E-state index contributed by atoms with van der Waals surface area (Å²) in [7, 11) is 0. The van der Waals surface area contributed by atoms with Gasteiger partial charge in [0.15, 0.2) is 18.1 Å². The second-order valence-corrected chi connectivity index (χ2v) is 24.2. The Balaban J connectivity index is 2.35. The fourth-order valence-electron chi connectivity index (χ4n) is 9.60. The fourth-order valence-corrected chi connectivity index (χ4v) is 9.60. The molecule has 32 nitrogen and oxygen atoms in total. The molecule has 10 amide bonds. The molecule has 2 aromatic carbocycles. The molecular weight excluding hydrogens is 1210 g/mol. The number of rotatable bonds is 23. The van der Waals surface area contributed by atoms with Gasteiger partial charge < -0.3 is 95.5 Å². The lowest BCUT2D eigenvalue weighted by Crippen LogP contribution is -2.62. The first-order valence-corrected chi connectivity index (χ1v) is 30.9. The molecule has 1 aliphatic heterocycles. The molecule has 32 heteroatoms. The lowest BCUT2D eigenvalue weighted by molar-refractivity contribution is -0.159. The van der Waals surface area contributed by atoms with Crippen LogP contribution in [0.1, 0.15) is 112 Å². The quantitative estimate of drug-likeness (QED) is 0.0215. The second kappa shape index (κ2) is 39.2. The summed E-state index contributed by atoms with van der Waals surface area (Å²) in [5.41, 5.74) is 20.4. The van der Waals surface area contributed by atoms with E-state index in [0.717, 1.165) is 6.92 Å². The summed E-state index contributed by atoms with van der Waals surface area (Å²) in [6.07, 6.45) is -7.33. The highest BCUT2D eigenvalue weighted by Crippen LogP contribution is 2.24. The van der Waals surface area contributed by atoms with Crippen LogP contribution in [0.2, 0.25) is 0 Å². The number of ether oxygens (including phenoxy) is 1. The van der Waals surface area contributed by atoms with Crippen molar-refractivity contribution >= 4 is 71.0 Å². The van der Waals surface area contributed by atoms with Gasteiger partial charge in [0.1, 0.15) is 48.4 Å². The van der Waals surface area contributed by atoms with Crippen molar-refractivity contribution in [2.45, 2.75) is 186 Å². The number of hydroxylamine groups is 1.